The van der Waals surface area contributed by atoms with Crippen LogP contribution in [0.25, 0.3) is 0 Å². The maximum atomic E-state index is 12.3. The second kappa shape index (κ2) is 5.72. The second-order valence-corrected chi connectivity index (χ2v) is 5.87. The standard InChI is InChI=1S/C15H18ClNO3/c16-12-6-4-11(5-7-12)15(8-9-15)14(18)17-20-13-3-1-2-10-19-13/h4-7,13H,1-3,8-10H2,(H,17,18)/t13-/m1/s1. The van der Waals surface area contributed by atoms with Crippen LogP contribution in [-0.2, 0) is 19.8 Å². The third kappa shape index (κ3) is 2.82. The zero-order valence-corrected chi connectivity index (χ0v) is 12.0. The summed E-state index contributed by atoms with van der Waals surface area (Å²) < 4.78 is 5.43. The average Bonchev–Trinajstić information content (AvgIpc) is 3.28. The van der Waals surface area contributed by atoms with Gasteiger partial charge in [-0.1, -0.05) is 23.7 Å². The van der Waals surface area contributed by atoms with E-state index in [0.29, 0.717) is 11.6 Å². The number of amides is 1. The first kappa shape index (κ1) is 13.9. The SMILES string of the molecule is O=C(NO[C@@H]1CCCCO1)C1(c2ccc(Cl)cc2)CC1. The molecule has 4 nitrogen and oxygen atoms in total. The van der Waals surface area contributed by atoms with Crippen LogP contribution in [0, 0.1) is 0 Å². The molecule has 0 unspecified atom stereocenters. The Balaban J connectivity index is 1.60. The van der Waals surface area contributed by atoms with Crippen LogP contribution in [0.3, 0.4) is 0 Å². The van der Waals surface area contributed by atoms with Gasteiger partial charge in [-0.25, -0.2) is 10.3 Å². The molecule has 1 saturated heterocycles. The molecule has 0 radical (unpaired) electrons. The zero-order chi connectivity index (χ0) is 14.0. The van der Waals surface area contributed by atoms with Gasteiger partial charge in [0, 0.05) is 18.1 Å². The van der Waals surface area contributed by atoms with Gasteiger partial charge in [-0.3, -0.25) is 4.79 Å². The van der Waals surface area contributed by atoms with Crippen molar-refractivity contribution in [3.05, 3.63) is 34.9 Å². The summed E-state index contributed by atoms with van der Waals surface area (Å²) in [6, 6.07) is 7.45. The van der Waals surface area contributed by atoms with Gasteiger partial charge in [-0.2, -0.15) is 0 Å². The molecule has 1 atom stereocenters. The van der Waals surface area contributed by atoms with E-state index in [1.54, 1.807) is 0 Å². The fraction of sp³-hybridized carbons (Fsp3) is 0.533. The number of benzene rings is 1. The predicted molar refractivity (Wildman–Crippen MR) is 75.2 cm³/mol. The molecule has 1 amide bonds. The maximum absolute atomic E-state index is 12.3. The number of carbonyl (C=O) groups is 1. The number of hydrogen-bond acceptors (Lipinski definition) is 3. The predicted octanol–water partition coefficient (Wildman–Crippen LogP) is 2.95. The Labute approximate surface area is 123 Å². The van der Waals surface area contributed by atoms with Gasteiger partial charge in [0.2, 0.25) is 0 Å². The summed E-state index contributed by atoms with van der Waals surface area (Å²) in [4.78, 5) is 17.7. The number of carbonyl (C=O) groups excluding carboxylic acids is 1. The van der Waals surface area contributed by atoms with E-state index in [2.05, 4.69) is 5.48 Å². The van der Waals surface area contributed by atoms with Gasteiger partial charge in [0.15, 0.2) is 6.29 Å². The molecule has 0 spiro atoms. The van der Waals surface area contributed by atoms with Crippen LogP contribution in [0.4, 0.5) is 0 Å². The highest BCUT2D eigenvalue weighted by Gasteiger charge is 2.51. The molecule has 1 aromatic rings. The normalized spacial score (nSPS) is 24.1. The molecule has 2 fully saturated rings. The van der Waals surface area contributed by atoms with Crippen molar-refractivity contribution in [3.8, 4) is 0 Å². The monoisotopic (exact) mass is 295 g/mol. The first-order valence-electron chi connectivity index (χ1n) is 7.04. The van der Waals surface area contributed by atoms with Gasteiger partial charge in [-0.15, -0.1) is 0 Å². The molecular weight excluding hydrogens is 278 g/mol. The minimum Gasteiger partial charge on any atom is -0.350 e. The van der Waals surface area contributed by atoms with E-state index in [1.165, 1.54) is 0 Å². The Bertz CT molecular complexity index is 478. The van der Waals surface area contributed by atoms with Crippen molar-refractivity contribution in [2.75, 3.05) is 6.61 Å². The molecule has 1 aliphatic carbocycles. The third-order valence-electron chi connectivity index (χ3n) is 4.00. The molecule has 1 N–H and O–H groups in total. The van der Waals surface area contributed by atoms with Gasteiger partial charge in [0.1, 0.15) is 0 Å². The van der Waals surface area contributed by atoms with Crippen LogP contribution in [0.15, 0.2) is 24.3 Å². The molecule has 20 heavy (non-hydrogen) atoms. The van der Waals surface area contributed by atoms with Gasteiger partial charge in [-0.05, 0) is 43.4 Å². The zero-order valence-electron chi connectivity index (χ0n) is 11.2. The molecule has 0 bridgehead atoms. The van der Waals surface area contributed by atoms with Gasteiger partial charge < -0.3 is 4.74 Å². The minimum absolute atomic E-state index is 0.0889. The molecule has 1 saturated carbocycles. The molecule has 108 valence electrons. The molecule has 0 aromatic heterocycles. The van der Waals surface area contributed by atoms with Crippen LogP contribution in [0.2, 0.25) is 5.02 Å². The Morgan fingerprint density at radius 3 is 2.65 bits per heavy atom. The van der Waals surface area contributed by atoms with Crippen molar-refractivity contribution in [2.24, 2.45) is 0 Å². The first-order valence-corrected chi connectivity index (χ1v) is 7.42. The highest BCUT2D eigenvalue weighted by atomic mass is 35.5. The largest absolute Gasteiger partial charge is 0.350 e. The van der Waals surface area contributed by atoms with Crippen molar-refractivity contribution in [2.45, 2.75) is 43.8 Å². The van der Waals surface area contributed by atoms with Gasteiger partial charge in [0.25, 0.3) is 5.91 Å². The van der Waals surface area contributed by atoms with Crippen molar-refractivity contribution in [3.63, 3.8) is 0 Å². The third-order valence-corrected chi connectivity index (χ3v) is 4.25. The molecule has 1 aliphatic heterocycles. The molecule has 5 heteroatoms. The number of hydrogen-bond donors (Lipinski definition) is 1. The van der Waals surface area contributed by atoms with E-state index < -0.39 is 5.41 Å². The maximum Gasteiger partial charge on any atom is 0.254 e. The minimum atomic E-state index is -0.445. The summed E-state index contributed by atoms with van der Waals surface area (Å²) in [6.07, 6.45) is 4.33. The van der Waals surface area contributed by atoms with E-state index in [0.717, 1.165) is 37.7 Å². The van der Waals surface area contributed by atoms with E-state index in [-0.39, 0.29) is 12.2 Å². The quantitative estimate of drug-likeness (QED) is 0.869. The molecule has 2 aliphatic rings. The van der Waals surface area contributed by atoms with E-state index in [9.17, 15) is 4.79 Å². The van der Waals surface area contributed by atoms with Gasteiger partial charge >= 0.3 is 0 Å². The first-order chi connectivity index (χ1) is 9.71. The average molecular weight is 296 g/mol. The van der Waals surface area contributed by atoms with Crippen molar-refractivity contribution < 1.29 is 14.4 Å². The number of ether oxygens (including phenoxy) is 1. The smallest absolute Gasteiger partial charge is 0.254 e. The number of rotatable bonds is 4. The Morgan fingerprint density at radius 1 is 1.30 bits per heavy atom. The van der Waals surface area contributed by atoms with Crippen LogP contribution < -0.4 is 5.48 Å². The fourth-order valence-corrected chi connectivity index (χ4v) is 2.69. The number of nitrogens with one attached hydrogen (secondary N) is 1. The highest BCUT2D eigenvalue weighted by Crippen LogP contribution is 2.48. The summed E-state index contributed by atoms with van der Waals surface area (Å²) in [6.45, 7) is 0.697. The van der Waals surface area contributed by atoms with Crippen molar-refractivity contribution >= 4 is 17.5 Å². The van der Waals surface area contributed by atoms with Crippen LogP contribution in [0.5, 0.6) is 0 Å². The van der Waals surface area contributed by atoms with Gasteiger partial charge in [0.05, 0.1) is 5.41 Å². The van der Waals surface area contributed by atoms with Crippen LogP contribution >= 0.6 is 11.6 Å². The van der Waals surface area contributed by atoms with E-state index in [1.807, 2.05) is 24.3 Å². The topological polar surface area (TPSA) is 47.6 Å². The molecule has 3 rings (SSSR count). The Morgan fingerprint density at radius 2 is 2.05 bits per heavy atom. The van der Waals surface area contributed by atoms with E-state index >= 15 is 0 Å². The lowest BCUT2D eigenvalue weighted by Gasteiger charge is -2.23. The van der Waals surface area contributed by atoms with E-state index in [4.69, 9.17) is 21.2 Å². The fourth-order valence-electron chi connectivity index (χ4n) is 2.56. The van der Waals surface area contributed by atoms with Crippen molar-refractivity contribution in [1.82, 2.24) is 5.48 Å². The Kier molecular flexibility index (Phi) is 3.96. The Hall–Kier alpha value is -1.10. The summed E-state index contributed by atoms with van der Waals surface area (Å²) in [7, 11) is 0. The molecule has 1 aromatic carbocycles. The lowest BCUT2D eigenvalue weighted by molar-refractivity contribution is -0.201. The lowest BCUT2D eigenvalue weighted by atomic mass is 9.95. The number of hydroxylamine groups is 1. The second-order valence-electron chi connectivity index (χ2n) is 5.43. The summed E-state index contributed by atoms with van der Waals surface area (Å²) in [5.74, 6) is -0.0889. The molecule has 1 heterocycles. The number of halogens is 1. The highest BCUT2D eigenvalue weighted by molar-refractivity contribution is 6.30. The molecular formula is C15H18ClNO3. The summed E-state index contributed by atoms with van der Waals surface area (Å²) >= 11 is 5.88. The summed E-state index contributed by atoms with van der Waals surface area (Å²) in [5, 5.41) is 0.678. The summed E-state index contributed by atoms with van der Waals surface area (Å²) in [5.41, 5.74) is 3.12. The van der Waals surface area contributed by atoms with Crippen LogP contribution in [-0.4, -0.2) is 18.8 Å². The van der Waals surface area contributed by atoms with Crippen LogP contribution in [0.1, 0.15) is 37.7 Å². The van der Waals surface area contributed by atoms with Crippen molar-refractivity contribution in [1.29, 1.82) is 0 Å². The lowest BCUT2D eigenvalue weighted by Crippen LogP contribution is -2.39.